The third-order valence-electron chi connectivity index (χ3n) is 8.22. The van der Waals surface area contributed by atoms with Crippen LogP contribution in [0.2, 0.25) is 0 Å². The molecule has 0 bridgehead atoms. The molecule has 1 saturated heterocycles. The molecule has 3 aromatic carbocycles. The van der Waals surface area contributed by atoms with Crippen LogP contribution in [0.25, 0.3) is 0 Å². The summed E-state index contributed by atoms with van der Waals surface area (Å²) < 4.78 is 59.4. The van der Waals surface area contributed by atoms with Crippen LogP contribution in [0.1, 0.15) is 25.8 Å². The largest absolute Gasteiger partial charge is 0.769 e. The number of allylic oxidation sites excluding steroid dienone is 5. The molecule has 5 amide bonds. The highest BCUT2D eigenvalue weighted by Crippen LogP contribution is 2.52. The fourth-order valence-corrected chi connectivity index (χ4v) is 6.54. The second-order valence-electron chi connectivity index (χ2n) is 11.8. The molecule has 2 aliphatic heterocycles. The third kappa shape index (κ3) is 7.51. The number of nitrogens with one attached hydrogen (secondary N) is 1. The average molecular weight is 818 g/mol. The molecule has 50 heavy (non-hydrogen) atoms. The molecule has 3 aromatic rings. The van der Waals surface area contributed by atoms with E-state index in [2.05, 4.69) is 5.32 Å². The van der Waals surface area contributed by atoms with Gasteiger partial charge in [-0.15, -0.1) is 0 Å². The van der Waals surface area contributed by atoms with Gasteiger partial charge in [0.1, 0.15) is 17.2 Å². The Morgan fingerprint density at radius 1 is 0.900 bits per heavy atom. The second kappa shape index (κ2) is 14.8. The van der Waals surface area contributed by atoms with Gasteiger partial charge in [0.2, 0.25) is 5.91 Å². The quantitative estimate of drug-likeness (QED) is 0.0664. The highest BCUT2D eigenvalue weighted by atomic mass is 127. The first kappa shape index (κ1) is 36.9. The van der Waals surface area contributed by atoms with E-state index < -0.39 is 51.3 Å². The molecular formula is C35H32F2IN4O7S-. The fourth-order valence-electron chi connectivity index (χ4n) is 5.76. The summed E-state index contributed by atoms with van der Waals surface area (Å²) in [5.41, 5.74) is 1.02. The van der Waals surface area contributed by atoms with Crippen molar-refractivity contribution in [3.63, 3.8) is 0 Å². The molecule has 0 atom stereocenters. The molecule has 3 N–H and O–H groups in total. The first-order chi connectivity index (χ1) is 23.6. The minimum Gasteiger partial charge on any atom is -0.769 e. The zero-order valence-corrected chi connectivity index (χ0v) is 29.8. The lowest BCUT2D eigenvalue weighted by Gasteiger charge is -2.34. The average Bonchev–Trinajstić information content (AvgIpc) is 3.28. The molecule has 5 rings (SSSR count). The first-order valence-corrected chi connectivity index (χ1v) is 18.2. The van der Waals surface area contributed by atoms with E-state index in [1.165, 1.54) is 48.6 Å². The summed E-state index contributed by atoms with van der Waals surface area (Å²) in [5.74, 6) is -3.20. The molecular weight excluding hydrogens is 785 g/mol. The van der Waals surface area contributed by atoms with Crippen molar-refractivity contribution in [2.24, 2.45) is 0 Å². The molecule has 2 aliphatic rings. The van der Waals surface area contributed by atoms with Crippen molar-refractivity contribution < 1.29 is 41.6 Å². The van der Waals surface area contributed by atoms with Crippen LogP contribution in [0.4, 0.5) is 30.6 Å². The van der Waals surface area contributed by atoms with Gasteiger partial charge in [0.15, 0.2) is 0 Å². The van der Waals surface area contributed by atoms with Crippen LogP contribution in [-0.4, -0.2) is 54.9 Å². The van der Waals surface area contributed by atoms with Crippen LogP contribution in [0.3, 0.4) is 0 Å². The molecule has 0 aliphatic carbocycles. The van der Waals surface area contributed by atoms with Crippen molar-refractivity contribution in [2.45, 2.75) is 30.6 Å². The number of barbiturate groups is 1. The SMILES string of the molecule is CC1(C)/C(=C\C=C\C=C2C(=O)N(c3ccc(F)cc3)C(=O)N(c3ccc(F)cc3)C2=O)N(CCCNC(=O)CI)c2ccc(S([O-])(O)O)cc21. The van der Waals surface area contributed by atoms with E-state index in [-0.39, 0.29) is 22.2 Å². The van der Waals surface area contributed by atoms with Crippen molar-refractivity contribution >= 4 is 74.3 Å². The van der Waals surface area contributed by atoms with Crippen LogP contribution in [0.5, 0.6) is 0 Å². The molecule has 1 fully saturated rings. The van der Waals surface area contributed by atoms with Gasteiger partial charge in [-0.05, 0) is 90.9 Å². The van der Waals surface area contributed by atoms with E-state index in [0.717, 1.165) is 45.4 Å². The van der Waals surface area contributed by atoms with E-state index in [1.54, 1.807) is 18.2 Å². The predicted octanol–water partition coefficient (Wildman–Crippen LogP) is 6.81. The number of fused-ring (bicyclic) bond motifs is 1. The van der Waals surface area contributed by atoms with Gasteiger partial charge in [0.25, 0.3) is 11.8 Å². The van der Waals surface area contributed by atoms with Gasteiger partial charge in [-0.1, -0.05) is 59.5 Å². The van der Waals surface area contributed by atoms with E-state index in [4.69, 9.17) is 0 Å². The number of urea groups is 1. The van der Waals surface area contributed by atoms with Gasteiger partial charge in [-0.2, -0.15) is 0 Å². The van der Waals surface area contributed by atoms with Crippen molar-refractivity contribution in [3.05, 3.63) is 120 Å². The van der Waals surface area contributed by atoms with E-state index in [0.29, 0.717) is 29.5 Å². The molecule has 262 valence electrons. The highest BCUT2D eigenvalue weighted by molar-refractivity contribution is 14.1. The molecule has 0 radical (unpaired) electrons. The maximum Gasteiger partial charge on any atom is 0.343 e. The Bertz CT molecular complexity index is 1860. The standard InChI is InChI=1S/C35H33F2IN4O7S/c1-35(2)28-20-26(50(47,48)49)16-17-29(28)40(19-5-18-39-31(43)21-38)30(35)7-4-3-6-27-32(44)41(24-12-8-22(36)9-13-24)34(46)42(33(27)45)25-14-10-23(37)11-15-25/h3-4,6-17,20,47-49H,5,18-19,21H2,1-2H3,(H,39,43)/p-1/b4-3+,30-7+. The van der Waals surface area contributed by atoms with Crippen molar-refractivity contribution in [1.29, 1.82) is 0 Å². The van der Waals surface area contributed by atoms with Crippen LogP contribution >= 0.6 is 33.5 Å². The van der Waals surface area contributed by atoms with Crippen LogP contribution in [0.15, 0.2) is 107 Å². The second-order valence-corrected chi connectivity index (χ2v) is 14.1. The summed E-state index contributed by atoms with van der Waals surface area (Å²) in [6.45, 7) is 4.64. The monoisotopic (exact) mass is 817 g/mol. The number of carbonyl (C=O) groups is 4. The van der Waals surface area contributed by atoms with Crippen LogP contribution < -0.4 is 20.0 Å². The van der Waals surface area contributed by atoms with Gasteiger partial charge >= 0.3 is 6.03 Å². The van der Waals surface area contributed by atoms with Gasteiger partial charge < -0.3 is 23.9 Å². The highest BCUT2D eigenvalue weighted by Gasteiger charge is 2.44. The zero-order valence-electron chi connectivity index (χ0n) is 26.8. The van der Waals surface area contributed by atoms with Gasteiger partial charge in [0, 0.05) is 34.8 Å². The maximum absolute atomic E-state index is 13.7. The first-order valence-electron chi connectivity index (χ1n) is 15.2. The third-order valence-corrected chi connectivity index (χ3v) is 9.78. The number of halogens is 3. The summed E-state index contributed by atoms with van der Waals surface area (Å²) in [5, 5.41) is 2.83. The molecule has 0 saturated carbocycles. The number of alkyl halides is 1. The molecule has 15 heteroatoms. The lowest BCUT2D eigenvalue weighted by Crippen LogP contribution is -2.57. The number of imide groups is 2. The Balaban J connectivity index is 1.51. The number of benzene rings is 3. The van der Waals surface area contributed by atoms with Gasteiger partial charge in [0.05, 0.1) is 15.8 Å². The Labute approximate surface area is 302 Å². The summed E-state index contributed by atoms with van der Waals surface area (Å²) >= 11 is 1.97. The fraction of sp³-hybridized carbons (Fsp3) is 0.200. The van der Waals surface area contributed by atoms with Crippen molar-refractivity contribution in [2.75, 3.05) is 32.2 Å². The number of amides is 5. The Morgan fingerprint density at radius 2 is 1.44 bits per heavy atom. The molecule has 0 spiro atoms. The Hall–Kier alpha value is -4.42. The maximum atomic E-state index is 13.7. The molecule has 2 heterocycles. The summed E-state index contributed by atoms with van der Waals surface area (Å²) in [6, 6.07) is 12.6. The minimum absolute atomic E-state index is 0.0165. The lowest BCUT2D eigenvalue weighted by atomic mass is 9.83. The molecule has 0 unspecified atom stereocenters. The minimum atomic E-state index is -4.24. The predicted molar refractivity (Wildman–Crippen MR) is 194 cm³/mol. The summed E-state index contributed by atoms with van der Waals surface area (Å²) in [7, 11) is -4.24. The Morgan fingerprint density at radius 3 is 1.96 bits per heavy atom. The van der Waals surface area contributed by atoms with Crippen LogP contribution in [0, 0.1) is 11.6 Å². The normalized spacial score (nSPS) is 17.2. The number of hydrogen-bond donors (Lipinski definition) is 3. The van der Waals surface area contributed by atoms with Crippen molar-refractivity contribution in [3.8, 4) is 0 Å². The molecule has 11 nitrogen and oxygen atoms in total. The topological polar surface area (TPSA) is 154 Å². The number of carbonyl (C=O) groups excluding carboxylic acids is 4. The van der Waals surface area contributed by atoms with E-state index in [9.17, 15) is 41.6 Å². The van der Waals surface area contributed by atoms with Gasteiger partial charge in [-0.3, -0.25) is 14.4 Å². The summed E-state index contributed by atoms with van der Waals surface area (Å²) in [6.07, 6.45) is 6.57. The molecule has 0 aromatic heterocycles. The van der Waals surface area contributed by atoms with Crippen molar-refractivity contribution in [1.82, 2.24) is 5.32 Å². The van der Waals surface area contributed by atoms with Crippen LogP contribution in [-0.2, 0) is 19.8 Å². The number of anilines is 3. The summed E-state index contributed by atoms with van der Waals surface area (Å²) in [4.78, 5) is 55.8. The van der Waals surface area contributed by atoms with E-state index in [1.807, 2.05) is 41.3 Å². The smallest absolute Gasteiger partial charge is 0.343 e. The number of hydrogen-bond acceptors (Lipinski definition) is 8. The van der Waals surface area contributed by atoms with E-state index >= 15 is 0 Å². The zero-order chi connectivity index (χ0) is 36.4. The number of rotatable bonds is 10. The van der Waals surface area contributed by atoms with Gasteiger partial charge in [-0.25, -0.2) is 23.4 Å². The number of nitrogens with zero attached hydrogens (tertiary/aromatic N) is 3. The Kier molecular flexibility index (Phi) is 10.9. The lowest BCUT2D eigenvalue weighted by molar-refractivity contribution is -0.121.